The first-order chi connectivity index (χ1) is 17.5. The molecule has 3 atom stereocenters. The molecular formula is C29H40N4O3. The van der Waals surface area contributed by atoms with Crippen molar-refractivity contribution in [1.82, 2.24) is 14.8 Å². The first kappa shape index (κ1) is 24.0. The second-order valence-electron chi connectivity index (χ2n) is 11.4. The normalized spacial score (nSPS) is 26.3. The number of rotatable bonds is 8. The number of piperazine rings is 1. The van der Waals surface area contributed by atoms with Crippen LogP contribution in [0.1, 0.15) is 79.8 Å². The third kappa shape index (κ3) is 4.24. The molecule has 2 saturated carbocycles. The molecule has 194 valence electrons. The van der Waals surface area contributed by atoms with E-state index in [1.165, 1.54) is 12.8 Å². The summed E-state index contributed by atoms with van der Waals surface area (Å²) in [7, 11) is 0. The van der Waals surface area contributed by atoms with Gasteiger partial charge >= 0.3 is 0 Å². The van der Waals surface area contributed by atoms with E-state index in [2.05, 4.69) is 39.2 Å². The van der Waals surface area contributed by atoms with Gasteiger partial charge in [-0.2, -0.15) is 0 Å². The van der Waals surface area contributed by atoms with E-state index in [9.17, 15) is 9.59 Å². The van der Waals surface area contributed by atoms with Gasteiger partial charge in [-0.25, -0.2) is 0 Å². The summed E-state index contributed by atoms with van der Waals surface area (Å²) in [5, 5.41) is 4.76. The number of H-pyrrole nitrogens is 1. The molecule has 1 aromatic heterocycles. The van der Waals surface area contributed by atoms with E-state index in [-0.39, 0.29) is 17.5 Å². The molecule has 3 heterocycles. The van der Waals surface area contributed by atoms with Gasteiger partial charge in [0.2, 0.25) is 0 Å². The van der Waals surface area contributed by atoms with Crippen molar-refractivity contribution < 1.29 is 9.53 Å². The number of pyridine rings is 1. The predicted molar refractivity (Wildman–Crippen MR) is 143 cm³/mol. The first-order valence-electron chi connectivity index (χ1n) is 14.1. The van der Waals surface area contributed by atoms with Crippen molar-refractivity contribution >= 4 is 22.5 Å². The van der Waals surface area contributed by atoms with Gasteiger partial charge in [-0.3, -0.25) is 14.5 Å². The van der Waals surface area contributed by atoms with Crippen molar-refractivity contribution in [3.8, 4) is 0 Å². The first-order valence-corrected chi connectivity index (χ1v) is 14.1. The second kappa shape index (κ2) is 9.82. The molecular weight excluding hydrogens is 452 g/mol. The zero-order valence-corrected chi connectivity index (χ0v) is 21.8. The summed E-state index contributed by atoms with van der Waals surface area (Å²) in [6.45, 7) is 9.44. The van der Waals surface area contributed by atoms with Gasteiger partial charge in [-0.1, -0.05) is 6.92 Å². The number of benzene rings is 1. The van der Waals surface area contributed by atoms with Crippen LogP contribution in [0.4, 0.5) is 5.69 Å². The Morgan fingerprint density at radius 3 is 2.69 bits per heavy atom. The number of carbonyl (C=O) groups is 1. The van der Waals surface area contributed by atoms with Gasteiger partial charge in [0.15, 0.2) is 0 Å². The second-order valence-corrected chi connectivity index (χ2v) is 11.4. The maximum absolute atomic E-state index is 13.7. The van der Waals surface area contributed by atoms with Crippen molar-refractivity contribution in [3.05, 3.63) is 39.2 Å². The van der Waals surface area contributed by atoms with Crippen molar-refractivity contribution in [2.24, 2.45) is 5.92 Å². The molecule has 3 fully saturated rings. The van der Waals surface area contributed by atoms with Gasteiger partial charge in [0.1, 0.15) is 0 Å². The van der Waals surface area contributed by atoms with Gasteiger partial charge in [-0.05, 0) is 81.4 Å². The summed E-state index contributed by atoms with van der Waals surface area (Å²) in [4.78, 5) is 34.9. The third-order valence-corrected chi connectivity index (χ3v) is 9.20. The number of hydrogen-bond donors (Lipinski definition) is 2. The Kier molecular flexibility index (Phi) is 6.54. The average molecular weight is 493 g/mol. The highest BCUT2D eigenvalue weighted by molar-refractivity contribution is 6.04. The van der Waals surface area contributed by atoms with Crippen molar-refractivity contribution in [2.75, 3.05) is 44.7 Å². The fourth-order valence-electron chi connectivity index (χ4n) is 6.64. The van der Waals surface area contributed by atoms with Gasteiger partial charge < -0.3 is 19.9 Å². The molecule has 1 amide bonds. The molecule has 2 aliphatic carbocycles. The quantitative estimate of drug-likeness (QED) is 0.542. The van der Waals surface area contributed by atoms with E-state index in [1.54, 1.807) is 0 Å². The average Bonchev–Trinajstić information content (AvgIpc) is 2.83. The number of anilines is 1. The van der Waals surface area contributed by atoms with Crippen LogP contribution in [0.25, 0.3) is 10.9 Å². The van der Waals surface area contributed by atoms with E-state index in [1.807, 2.05) is 6.92 Å². The largest absolute Gasteiger partial charge is 0.382 e. The van der Waals surface area contributed by atoms with E-state index in [4.69, 9.17) is 4.74 Å². The number of aromatic amines is 1. The molecule has 1 aromatic carbocycles. The van der Waals surface area contributed by atoms with Gasteiger partial charge in [0.05, 0.1) is 11.2 Å². The molecule has 2 aromatic rings. The van der Waals surface area contributed by atoms with Crippen LogP contribution in [-0.4, -0.2) is 72.2 Å². The molecule has 4 aliphatic rings. The number of aromatic nitrogens is 1. The van der Waals surface area contributed by atoms with Crippen LogP contribution >= 0.6 is 0 Å². The number of amides is 1. The Balaban J connectivity index is 1.33. The molecule has 2 aliphatic heterocycles. The SMILES string of the molecule is CCOCCCN1CCN2C(=O)c3cc4c(NC5CCC5)c(C5CCC5C)c(=O)[nH]c4cc3CC2C1. The van der Waals surface area contributed by atoms with Crippen LogP contribution < -0.4 is 10.9 Å². The van der Waals surface area contributed by atoms with Crippen LogP contribution in [0.15, 0.2) is 16.9 Å². The Bertz CT molecular complexity index is 1200. The standard InChI is InChI=1S/C29H40N4O3/c1-3-36-13-5-10-32-11-12-33-21(17-32)14-19-15-25-24(16-23(19)29(33)35)27(30-20-6-4-7-20)26(28(34)31-25)22-9-8-18(22)2/h15-16,18,20-22H,3-14,17H2,1-2H3,(H2,30,31,34). The van der Waals surface area contributed by atoms with Gasteiger partial charge in [0.25, 0.3) is 11.5 Å². The summed E-state index contributed by atoms with van der Waals surface area (Å²) >= 11 is 0. The van der Waals surface area contributed by atoms with Crippen LogP contribution in [0.2, 0.25) is 0 Å². The number of nitrogens with zero attached hydrogens (tertiary/aromatic N) is 2. The Morgan fingerprint density at radius 1 is 1.14 bits per heavy atom. The summed E-state index contributed by atoms with van der Waals surface area (Å²) in [5.41, 5.74) is 4.70. The lowest BCUT2D eigenvalue weighted by Crippen LogP contribution is -2.58. The lowest BCUT2D eigenvalue weighted by Gasteiger charge is -2.44. The van der Waals surface area contributed by atoms with E-state index >= 15 is 0 Å². The maximum Gasteiger partial charge on any atom is 0.254 e. The lowest BCUT2D eigenvalue weighted by atomic mass is 9.70. The fraction of sp³-hybridized carbons (Fsp3) is 0.655. The molecule has 0 spiro atoms. The minimum absolute atomic E-state index is 0.0442. The number of fused-ring (bicyclic) bond motifs is 3. The minimum Gasteiger partial charge on any atom is -0.382 e. The van der Waals surface area contributed by atoms with Crippen LogP contribution in [0.5, 0.6) is 0 Å². The van der Waals surface area contributed by atoms with Crippen LogP contribution in [-0.2, 0) is 11.2 Å². The topological polar surface area (TPSA) is 77.7 Å². The van der Waals surface area contributed by atoms with E-state index in [0.717, 1.165) is 105 Å². The molecule has 36 heavy (non-hydrogen) atoms. The fourth-order valence-corrected chi connectivity index (χ4v) is 6.64. The molecule has 0 radical (unpaired) electrons. The smallest absolute Gasteiger partial charge is 0.254 e. The third-order valence-electron chi connectivity index (χ3n) is 9.20. The molecule has 7 heteroatoms. The monoisotopic (exact) mass is 492 g/mol. The van der Waals surface area contributed by atoms with Crippen molar-refractivity contribution in [3.63, 3.8) is 0 Å². The highest BCUT2D eigenvalue weighted by Gasteiger charge is 2.38. The molecule has 1 saturated heterocycles. The number of ether oxygens (including phenoxy) is 1. The highest BCUT2D eigenvalue weighted by atomic mass is 16.5. The highest BCUT2D eigenvalue weighted by Crippen LogP contribution is 2.45. The van der Waals surface area contributed by atoms with E-state index in [0.29, 0.717) is 17.9 Å². The Labute approximate surface area is 213 Å². The molecule has 7 nitrogen and oxygen atoms in total. The molecule has 0 bridgehead atoms. The van der Waals surface area contributed by atoms with Gasteiger partial charge in [-0.15, -0.1) is 0 Å². The number of carbonyl (C=O) groups excluding carboxylic acids is 1. The number of hydrogen-bond acceptors (Lipinski definition) is 5. The van der Waals surface area contributed by atoms with Crippen molar-refractivity contribution in [2.45, 2.75) is 76.8 Å². The minimum atomic E-state index is 0.0442. The molecule has 3 unspecified atom stereocenters. The lowest BCUT2D eigenvalue weighted by molar-refractivity contribution is 0.0391. The zero-order valence-electron chi connectivity index (χ0n) is 21.8. The molecule has 6 rings (SSSR count). The maximum atomic E-state index is 13.7. The summed E-state index contributed by atoms with van der Waals surface area (Å²) in [5.74, 6) is 0.972. The summed E-state index contributed by atoms with van der Waals surface area (Å²) < 4.78 is 5.50. The van der Waals surface area contributed by atoms with Crippen molar-refractivity contribution in [1.29, 1.82) is 0 Å². The number of nitrogens with one attached hydrogen (secondary N) is 2. The van der Waals surface area contributed by atoms with Crippen LogP contribution in [0.3, 0.4) is 0 Å². The summed E-state index contributed by atoms with van der Waals surface area (Å²) in [6, 6.07) is 4.80. The molecule has 2 N–H and O–H groups in total. The zero-order chi connectivity index (χ0) is 24.8. The van der Waals surface area contributed by atoms with Gasteiger partial charge in [0, 0.05) is 68.0 Å². The Hall–Kier alpha value is -2.38. The summed E-state index contributed by atoms with van der Waals surface area (Å²) in [6.07, 6.45) is 7.63. The van der Waals surface area contributed by atoms with Crippen LogP contribution in [0, 0.1) is 5.92 Å². The predicted octanol–water partition coefficient (Wildman–Crippen LogP) is 4.12. The van der Waals surface area contributed by atoms with E-state index < -0.39 is 0 Å². The Morgan fingerprint density at radius 2 is 2.00 bits per heavy atom.